The molecule has 2 aromatic carbocycles. The summed E-state index contributed by atoms with van der Waals surface area (Å²) in [5.74, 6) is -0.529. The van der Waals surface area contributed by atoms with E-state index in [2.05, 4.69) is 18.8 Å². The molecule has 2 aliphatic rings. The summed E-state index contributed by atoms with van der Waals surface area (Å²) >= 11 is 1.33. The number of aryl methyl sites for hydroxylation is 1. The number of aromatic nitrogens is 3. The highest BCUT2D eigenvalue weighted by atomic mass is 32.1. The number of rotatable bonds is 6. The van der Waals surface area contributed by atoms with Crippen molar-refractivity contribution in [3.63, 3.8) is 0 Å². The van der Waals surface area contributed by atoms with Crippen LogP contribution in [0.5, 0.6) is 0 Å². The first-order chi connectivity index (χ1) is 19.2. The first-order valence-electron chi connectivity index (χ1n) is 13.1. The van der Waals surface area contributed by atoms with Gasteiger partial charge in [0.25, 0.3) is 5.91 Å². The molecule has 0 saturated carbocycles. The number of thiazole rings is 1. The van der Waals surface area contributed by atoms with Crippen molar-refractivity contribution in [1.29, 1.82) is 0 Å². The Morgan fingerprint density at radius 1 is 1.07 bits per heavy atom. The summed E-state index contributed by atoms with van der Waals surface area (Å²) in [6, 6.07) is 7.94. The Hall–Kier alpha value is -3.99. The van der Waals surface area contributed by atoms with Crippen molar-refractivity contribution in [1.82, 2.24) is 19.4 Å². The highest BCUT2D eigenvalue weighted by molar-refractivity contribution is 7.13. The fourth-order valence-corrected chi connectivity index (χ4v) is 5.96. The zero-order valence-electron chi connectivity index (χ0n) is 22.5. The SMILES string of the molecule is CCN1C(=O)c2nc(-c3ccc(F)c(-c4nc(C)cs4)c3)n(Cc3ccc(F)cc3F)c2N2CC(C(C)C)N=C12. The smallest absolute Gasteiger partial charge is 0.283 e. The largest absolute Gasteiger partial charge is 0.305 e. The molecule has 4 aromatic rings. The van der Waals surface area contributed by atoms with Crippen LogP contribution in [0.4, 0.5) is 19.0 Å². The number of imidazole rings is 1. The summed E-state index contributed by atoms with van der Waals surface area (Å²) in [6.45, 7) is 8.75. The summed E-state index contributed by atoms with van der Waals surface area (Å²) in [5, 5.41) is 2.36. The molecule has 4 heterocycles. The number of nitrogens with zero attached hydrogens (tertiary/aromatic N) is 6. The zero-order chi connectivity index (χ0) is 28.3. The second kappa shape index (κ2) is 9.88. The van der Waals surface area contributed by atoms with Gasteiger partial charge in [-0.05, 0) is 44.0 Å². The summed E-state index contributed by atoms with van der Waals surface area (Å²) in [7, 11) is 0. The lowest BCUT2D eigenvalue weighted by atomic mass is 10.1. The van der Waals surface area contributed by atoms with Gasteiger partial charge in [0.15, 0.2) is 5.69 Å². The molecular formula is C29H27F3N6OS. The standard InChI is InChI=1S/C29H27F3N6OS/c1-5-36-28(39)24-27(38-13-23(15(2)3)34-29(36)38)37(12-18-6-8-19(30)11-22(18)32)25(35-24)17-7-9-21(31)20(10-17)26-33-16(4)14-40-26/h6-11,14-15,23H,5,12-13H2,1-4H3. The topological polar surface area (TPSA) is 66.6 Å². The maximum absolute atomic E-state index is 15.0. The molecule has 0 radical (unpaired) electrons. The van der Waals surface area contributed by atoms with E-state index in [1.54, 1.807) is 21.6 Å². The number of anilines is 1. The minimum Gasteiger partial charge on any atom is -0.305 e. The zero-order valence-corrected chi connectivity index (χ0v) is 23.3. The summed E-state index contributed by atoms with van der Waals surface area (Å²) < 4.78 is 45.4. The van der Waals surface area contributed by atoms with E-state index in [4.69, 9.17) is 9.98 Å². The van der Waals surface area contributed by atoms with Gasteiger partial charge in [-0.1, -0.05) is 19.9 Å². The molecule has 0 bridgehead atoms. The van der Waals surface area contributed by atoms with Gasteiger partial charge < -0.3 is 4.57 Å². The highest BCUT2D eigenvalue weighted by Crippen LogP contribution is 2.39. The molecule has 2 aliphatic heterocycles. The molecule has 1 amide bonds. The lowest BCUT2D eigenvalue weighted by Gasteiger charge is -2.33. The second-order valence-electron chi connectivity index (χ2n) is 10.3. The monoisotopic (exact) mass is 564 g/mol. The quantitative estimate of drug-likeness (QED) is 0.283. The van der Waals surface area contributed by atoms with Gasteiger partial charge in [-0.15, -0.1) is 11.3 Å². The number of carbonyl (C=O) groups excluding carboxylic acids is 1. The van der Waals surface area contributed by atoms with Crippen molar-refractivity contribution < 1.29 is 18.0 Å². The molecule has 1 atom stereocenters. The van der Waals surface area contributed by atoms with E-state index in [-0.39, 0.29) is 35.7 Å². The van der Waals surface area contributed by atoms with E-state index < -0.39 is 17.5 Å². The highest BCUT2D eigenvalue weighted by Gasteiger charge is 2.44. The normalized spacial score (nSPS) is 16.6. The van der Waals surface area contributed by atoms with E-state index in [1.165, 1.54) is 29.5 Å². The van der Waals surface area contributed by atoms with Crippen molar-refractivity contribution in [3.8, 4) is 22.0 Å². The van der Waals surface area contributed by atoms with Gasteiger partial charge in [0, 0.05) is 40.4 Å². The molecule has 40 heavy (non-hydrogen) atoms. The maximum Gasteiger partial charge on any atom is 0.283 e. The first kappa shape index (κ1) is 26.2. The van der Waals surface area contributed by atoms with Crippen molar-refractivity contribution in [2.75, 3.05) is 18.0 Å². The number of halogens is 3. The average Bonchev–Trinajstić information content (AvgIpc) is 3.64. The summed E-state index contributed by atoms with van der Waals surface area (Å²) in [5.41, 5.74) is 2.05. The fraction of sp³-hybridized carbons (Fsp3) is 0.310. The third-order valence-corrected chi connectivity index (χ3v) is 8.27. The van der Waals surface area contributed by atoms with Crippen LogP contribution in [0.15, 0.2) is 46.8 Å². The minimum atomic E-state index is -0.709. The van der Waals surface area contributed by atoms with Crippen LogP contribution in [-0.2, 0) is 6.54 Å². The number of aliphatic imine (C=N–C) groups is 1. The first-order valence-corrected chi connectivity index (χ1v) is 14.0. The van der Waals surface area contributed by atoms with Gasteiger partial charge >= 0.3 is 0 Å². The maximum atomic E-state index is 15.0. The molecule has 0 N–H and O–H groups in total. The van der Waals surface area contributed by atoms with Crippen molar-refractivity contribution in [2.24, 2.45) is 10.9 Å². The third-order valence-electron chi connectivity index (χ3n) is 7.28. The molecule has 11 heteroatoms. The lowest BCUT2D eigenvalue weighted by molar-refractivity contribution is 0.0841. The van der Waals surface area contributed by atoms with E-state index in [9.17, 15) is 18.0 Å². The van der Waals surface area contributed by atoms with E-state index in [1.807, 2.05) is 24.1 Å². The van der Waals surface area contributed by atoms with E-state index in [0.29, 0.717) is 46.8 Å². The van der Waals surface area contributed by atoms with Crippen molar-refractivity contribution >= 4 is 29.0 Å². The average molecular weight is 565 g/mol. The predicted octanol–water partition coefficient (Wildman–Crippen LogP) is 6.12. The molecule has 0 spiro atoms. The Bertz CT molecular complexity index is 1680. The minimum absolute atomic E-state index is 0.0254. The molecule has 7 nitrogen and oxygen atoms in total. The van der Waals surface area contributed by atoms with Crippen LogP contribution in [0, 0.1) is 30.3 Å². The number of hydrogen-bond acceptors (Lipinski definition) is 6. The van der Waals surface area contributed by atoms with E-state index >= 15 is 0 Å². The van der Waals surface area contributed by atoms with Crippen LogP contribution in [0.1, 0.15) is 42.5 Å². The number of benzene rings is 2. The van der Waals surface area contributed by atoms with Gasteiger partial charge in [0.1, 0.15) is 34.1 Å². The molecule has 0 fully saturated rings. The van der Waals surface area contributed by atoms with Crippen LogP contribution < -0.4 is 4.90 Å². The Kier molecular flexibility index (Phi) is 6.48. The van der Waals surface area contributed by atoms with Crippen molar-refractivity contribution in [3.05, 3.63) is 76.2 Å². The number of carbonyl (C=O) groups is 1. The van der Waals surface area contributed by atoms with Gasteiger partial charge in [0.05, 0.1) is 19.1 Å². The fourth-order valence-electron chi connectivity index (χ4n) is 5.15. The molecular weight excluding hydrogens is 537 g/mol. The predicted molar refractivity (Wildman–Crippen MR) is 149 cm³/mol. The molecule has 0 saturated heterocycles. The molecule has 6 rings (SSSR count). The Morgan fingerprint density at radius 2 is 1.88 bits per heavy atom. The van der Waals surface area contributed by atoms with Gasteiger partial charge in [0.2, 0.25) is 5.96 Å². The van der Waals surface area contributed by atoms with Gasteiger partial charge in [-0.25, -0.2) is 28.1 Å². The van der Waals surface area contributed by atoms with Crippen LogP contribution >= 0.6 is 11.3 Å². The number of amides is 1. The van der Waals surface area contributed by atoms with Crippen LogP contribution in [0.3, 0.4) is 0 Å². The number of fused-ring (bicyclic) bond motifs is 3. The number of hydrogen-bond donors (Lipinski definition) is 0. The van der Waals surface area contributed by atoms with Crippen LogP contribution in [-0.4, -0.2) is 50.4 Å². The molecule has 2 aromatic heterocycles. The van der Waals surface area contributed by atoms with Crippen LogP contribution in [0.2, 0.25) is 0 Å². The van der Waals surface area contributed by atoms with Gasteiger partial charge in [-0.2, -0.15) is 0 Å². The lowest BCUT2D eigenvalue weighted by Crippen LogP contribution is -2.50. The summed E-state index contributed by atoms with van der Waals surface area (Å²) in [6.07, 6.45) is 0. The van der Waals surface area contributed by atoms with Gasteiger partial charge in [-0.3, -0.25) is 14.6 Å². The summed E-state index contributed by atoms with van der Waals surface area (Å²) in [4.78, 5) is 31.4. The van der Waals surface area contributed by atoms with Crippen LogP contribution in [0.25, 0.3) is 22.0 Å². The Morgan fingerprint density at radius 3 is 2.55 bits per heavy atom. The Balaban J connectivity index is 1.57. The molecule has 206 valence electrons. The number of guanidine groups is 1. The molecule has 0 aliphatic carbocycles. The van der Waals surface area contributed by atoms with Crippen molar-refractivity contribution in [2.45, 2.75) is 40.3 Å². The molecule has 1 unspecified atom stereocenters. The Labute approximate surface area is 233 Å². The second-order valence-corrected chi connectivity index (χ2v) is 11.2. The van der Waals surface area contributed by atoms with E-state index in [0.717, 1.165) is 11.8 Å². The third kappa shape index (κ3) is 4.28.